The molecule has 4 nitrogen and oxygen atoms in total. The zero-order chi connectivity index (χ0) is 13.8. The third-order valence-corrected chi connectivity index (χ3v) is 3.75. The van der Waals surface area contributed by atoms with E-state index in [0.717, 1.165) is 10.7 Å². The Morgan fingerprint density at radius 1 is 1.53 bits per heavy atom. The van der Waals surface area contributed by atoms with Crippen molar-refractivity contribution in [3.05, 3.63) is 45.9 Å². The molecule has 0 aliphatic carbocycles. The van der Waals surface area contributed by atoms with Gasteiger partial charge in [-0.2, -0.15) is 0 Å². The van der Waals surface area contributed by atoms with Crippen molar-refractivity contribution in [2.75, 3.05) is 11.9 Å². The maximum absolute atomic E-state index is 10.6. The van der Waals surface area contributed by atoms with Gasteiger partial charge in [0.05, 0.1) is 12.1 Å². The zero-order valence-corrected chi connectivity index (χ0v) is 11.9. The second-order valence-corrected chi connectivity index (χ2v) is 5.45. The van der Waals surface area contributed by atoms with E-state index in [9.17, 15) is 4.79 Å². The number of aliphatic carboxylic acids is 1. The Bertz CT molecular complexity index is 586. The van der Waals surface area contributed by atoms with Crippen LogP contribution in [0.4, 0.5) is 5.13 Å². The molecule has 19 heavy (non-hydrogen) atoms. The average Bonchev–Trinajstić information content (AvgIpc) is 2.76. The Morgan fingerprint density at radius 3 is 3.00 bits per heavy atom. The molecule has 0 atom stereocenters. The largest absolute Gasteiger partial charge is 0.481 e. The SMILES string of the molecule is CN(Cc1cccc(Cl)c1)c1nc(CC(=O)O)cs1. The number of rotatable bonds is 5. The number of aromatic nitrogens is 1. The van der Waals surface area contributed by atoms with Gasteiger partial charge >= 0.3 is 5.97 Å². The molecule has 0 amide bonds. The number of thiazole rings is 1. The van der Waals surface area contributed by atoms with E-state index in [-0.39, 0.29) is 6.42 Å². The molecule has 0 saturated carbocycles. The van der Waals surface area contributed by atoms with Gasteiger partial charge in [0.15, 0.2) is 5.13 Å². The highest BCUT2D eigenvalue weighted by molar-refractivity contribution is 7.13. The molecule has 0 unspecified atom stereocenters. The Labute approximate surface area is 120 Å². The first-order valence-electron chi connectivity index (χ1n) is 5.66. The van der Waals surface area contributed by atoms with Crippen LogP contribution in [0.5, 0.6) is 0 Å². The van der Waals surface area contributed by atoms with Crippen LogP contribution in [-0.2, 0) is 17.8 Å². The molecule has 6 heteroatoms. The number of carboxylic acids is 1. The van der Waals surface area contributed by atoms with Crippen LogP contribution in [0.2, 0.25) is 5.02 Å². The van der Waals surface area contributed by atoms with Crippen molar-refractivity contribution in [2.45, 2.75) is 13.0 Å². The summed E-state index contributed by atoms with van der Waals surface area (Å²) in [7, 11) is 1.92. The highest BCUT2D eigenvalue weighted by atomic mass is 35.5. The molecular weight excluding hydrogens is 284 g/mol. The lowest BCUT2D eigenvalue weighted by Gasteiger charge is -2.15. The topological polar surface area (TPSA) is 53.4 Å². The van der Waals surface area contributed by atoms with E-state index in [4.69, 9.17) is 16.7 Å². The molecule has 0 aliphatic heterocycles. The van der Waals surface area contributed by atoms with Crippen molar-refractivity contribution in [1.82, 2.24) is 4.98 Å². The monoisotopic (exact) mass is 296 g/mol. The van der Waals surface area contributed by atoms with E-state index in [1.54, 1.807) is 5.38 Å². The summed E-state index contributed by atoms with van der Waals surface area (Å²) in [6.45, 7) is 0.681. The molecule has 2 rings (SSSR count). The molecule has 0 radical (unpaired) electrons. The fourth-order valence-corrected chi connectivity index (χ4v) is 2.69. The molecule has 1 aromatic heterocycles. The number of benzene rings is 1. The van der Waals surface area contributed by atoms with Crippen LogP contribution in [0.3, 0.4) is 0 Å². The zero-order valence-electron chi connectivity index (χ0n) is 10.3. The second kappa shape index (κ2) is 6.04. The number of carboxylic acid groups (broad SMARTS) is 1. The Balaban J connectivity index is 2.05. The van der Waals surface area contributed by atoms with Gasteiger partial charge in [-0.25, -0.2) is 4.98 Å². The average molecular weight is 297 g/mol. The smallest absolute Gasteiger partial charge is 0.309 e. The Morgan fingerprint density at radius 2 is 2.32 bits per heavy atom. The van der Waals surface area contributed by atoms with E-state index in [1.165, 1.54) is 11.3 Å². The van der Waals surface area contributed by atoms with Crippen LogP contribution in [-0.4, -0.2) is 23.1 Å². The summed E-state index contributed by atoms with van der Waals surface area (Å²) in [6.07, 6.45) is -0.0402. The molecule has 0 saturated heterocycles. The van der Waals surface area contributed by atoms with Crippen molar-refractivity contribution in [3.63, 3.8) is 0 Å². The van der Waals surface area contributed by atoms with Crippen LogP contribution < -0.4 is 4.90 Å². The molecule has 1 heterocycles. The summed E-state index contributed by atoms with van der Waals surface area (Å²) >= 11 is 7.38. The van der Waals surface area contributed by atoms with Crippen LogP contribution >= 0.6 is 22.9 Å². The van der Waals surface area contributed by atoms with Gasteiger partial charge in [0.25, 0.3) is 0 Å². The molecule has 0 fully saturated rings. The summed E-state index contributed by atoms with van der Waals surface area (Å²) in [5, 5.41) is 12.0. The fraction of sp³-hybridized carbons (Fsp3) is 0.231. The lowest BCUT2D eigenvalue weighted by atomic mass is 10.2. The van der Waals surface area contributed by atoms with Gasteiger partial charge in [0.2, 0.25) is 0 Å². The van der Waals surface area contributed by atoms with Crippen LogP contribution in [0.15, 0.2) is 29.6 Å². The maximum Gasteiger partial charge on any atom is 0.309 e. The molecule has 1 N–H and O–H groups in total. The first kappa shape index (κ1) is 13.8. The van der Waals surface area contributed by atoms with E-state index in [0.29, 0.717) is 17.3 Å². The molecule has 1 aromatic carbocycles. The molecule has 0 spiro atoms. The van der Waals surface area contributed by atoms with E-state index < -0.39 is 5.97 Å². The number of hydrogen-bond acceptors (Lipinski definition) is 4. The summed E-state index contributed by atoms with van der Waals surface area (Å²) in [5.41, 5.74) is 1.68. The number of nitrogens with zero attached hydrogens (tertiary/aromatic N) is 2. The van der Waals surface area contributed by atoms with E-state index in [1.807, 2.05) is 36.2 Å². The van der Waals surface area contributed by atoms with Gasteiger partial charge in [-0.15, -0.1) is 11.3 Å². The van der Waals surface area contributed by atoms with E-state index in [2.05, 4.69) is 4.98 Å². The summed E-state index contributed by atoms with van der Waals surface area (Å²) in [6, 6.07) is 7.64. The lowest BCUT2D eigenvalue weighted by molar-refractivity contribution is -0.136. The van der Waals surface area contributed by atoms with Crippen molar-refractivity contribution in [2.24, 2.45) is 0 Å². The minimum absolute atomic E-state index is 0.0402. The fourth-order valence-electron chi connectivity index (χ4n) is 1.68. The molecule has 0 bridgehead atoms. The van der Waals surface area contributed by atoms with Gasteiger partial charge in [-0.1, -0.05) is 23.7 Å². The van der Waals surface area contributed by atoms with Crippen molar-refractivity contribution in [3.8, 4) is 0 Å². The van der Waals surface area contributed by atoms with Crippen LogP contribution in [0.1, 0.15) is 11.3 Å². The maximum atomic E-state index is 10.6. The first-order chi connectivity index (χ1) is 9.04. The Kier molecular flexibility index (Phi) is 4.39. The van der Waals surface area contributed by atoms with E-state index >= 15 is 0 Å². The van der Waals surface area contributed by atoms with Gasteiger partial charge in [-0.3, -0.25) is 4.79 Å². The lowest BCUT2D eigenvalue weighted by Crippen LogP contribution is -2.16. The third kappa shape index (κ3) is 3.94. The predicted octanol–water partition coefficient (Wildman–Crippen LogP) is 3.06. The quantitative estimate of drug-likeness (QED) is 0.921. The van der Waals surface area contributed by atoms with Crippen molar-refractivity contribution < 1.29 is 9.90 Å². The van der Waals surface area contributed by atoms with Crippen molar-refractivity contribution in [1.29, 1.82) is 0 Å². The normalized spacial score (nSPS) is 10.4. The van der Waals surface area contributed by atoms with Gasteiger partial charge in [-0.05, 0) is 17.7 Å². The minimum atomic E-state index is -0.866. The highest BCUT2D eigenvalue weighted by Crippen LogP contribution is 2.22. The van der Waals surface area contributed by atoms with Crippen LogP contribution in [0, 0.1) is 0 Å². The summed E-state index contributed by atoms with van der Waals surface area (Å²) < 4.78 is 0. The second-order valence-electron chi connectivity index (χ2n) is 4.18. The third-order valence-electron chi connectivity index (χ3n) is 2.51. The van der Waals surface area contributed by atoms with Gasteiger partial charge < -0.3 is 10.0 Å². The first-order valence-corrected chi connectivity index (χ1v) is 6.92. The molecule has 100 valence electrons. The van der Waals surface area contributed by atoms with Crippen molar-refractivity contribution >= 4 is 34.0 Å². The number of anilines is 1. The Hall–Kier alpha value is -1.59. The highest BCUT2D eigenvalue weighted by Gasteiger charge is 2.10. The number of hydrogen-bond donors (Lipinski definition) is 1. The number of halogens is 1. The standard InChI is InChI=1S/C13H13ClN2O2S/c1-16(7-9-3-2-4-10(14)5-9)13-15-11(8-19-13)6-12(17)18/h2-5,8H,6-7H2,1H3,(H,17,18). The minimum Gasteiger partial charge on any atom is -0.481 e. The van der Waals surface area contributed by atoms with Gasteiger partial charge in [0, 0.05) is 24.0 Å². The molecule has 2 aromatic rings. The molecular formula is C13H13ClN2O2S. The van der Waals surface area contributed by atoms with Gasteiger partial charge in [0.1, 0.15) is 0 Å². The summed E-state index contributed by atoms with van der Waals surface area (Å²) in [4.78, 5) is 16.9. The summed E-state index contributed by atoms with van der Waals surface area (Å²) in [5.74, 6) is -0.866. The van der Waals surface area contributed by atoms with Crippen LogP contribution in [0.25, 0.3) is 0 Å². The predicted molar refractivity (Wildman–Crippen MR) is 77.0 cm³/mol. The molecule has 0 aliphatic rings. The number of carbonyl (C=O) groups is 1.